The van der Waals surface area contributed by atoms with Crippen LogP contribution in [0.15, 0.2) is 18.2 Å². The fraction of sp³-hybridized carbons (Fsp3) is 0.625. The van der Waals surface area contributed by atoms with E-state index in [0.29, 0.717) is 30.9 Å². The van der Waals surface area contributed by atoms with Gasteiger partial charge in [0.05, 0.1) is 12.7 Å². The Morgan fingerprint density at radius 3 is 2.79 bits per heavy atom. The maximum absolute atomic E-state index is 11.7. The zero-order valence-electron chi connectivity index (χ0n) is 17.6. The number of carbonyl (C=O) groups is 1. The lowest BCUT2D eigenvalue weighted by Crippen LogP contribution is -2.51. The predicted molar refractivity (Wildman–Crippen MR) is 110 cm³/mol. The van der Waals surface area contributed by atoms with E-state index in [9.17, 15) is 9.90 Å². The van der Waals surface area contributed by atoms with E-state index in [1.807, 2.05) is 26.0 Å². The number of fused-ring (bicyclic) bond motifs is 3. The molecule has 3 N–H and O–H groups in total. The van der Waals surface area contributed by atoms with Gasteiger partial charge < -0.3 is 20.3 Å². The van der Waals surface area contributed by atoms with Crippen LogP contribution in [0.25, 0.3) is 0 Å². The quantitative estimate of drug-likeness (QED) is 0.768. The van der Waals surface area contributed by atoms with E-state index in [-0.39, 0.29) is 11.5 Å². The third kappa shape index (κ3) is 3.70. The molecule has 5 nitrogen and oxygen atoms in total. The highest BCUT2D eigenvalue weighted by atomic mass is 16.7. The number of hydrogen-bond donors (Lipinski definition) is 2. The Hall–Kier alpha value is -1.87. The van der Waals surface area contributed by atoms with Gasteiger partial charge in [0.1, 0.15) is 5.60 Å². The fourth-order valence-corrected chi connectivity index (χ4v) is 5.84. The fourth-order valence-electron chi connectivity index (χ4n) is 5.84. The number of nitrogens with two attached hydrogens (primary N) is 1. The standard InChI is InChI=1S/C24H31NO4/c1-4-9-23(27)10-11-24(14-19-15-28-22(2,3)29-19)18(13-23)7-5-16-12-17(21(25)26)6-8-20(16)24/h6,8,12,18-19,27H,5,7,10-11,13-15H2,1-3H3,(H2,25,26)/t18-,19?,23-,24+/m1/s1. The molecule has 156 valence electrons. The van der Waals surface area contributed by atoms with Crippen molar-refractivity contribution in [1.29, 1.82) is 0 Å². The molecule has 3 aliphatic rings. The van der Waals surface area contributed by atoms with E-state index in [4.69, 9.17) is 15.2 Å². The highest BCUT2D eigenvalue weighted by Crippen LogP contribution is 2.55. The van der Waals surface area contributed by atoms with E-state index in [1.165, 1.54) is 11.1 Å². The van der Waals surface area contributed by atoms with E-state index in [1.54, 1.807) is 6.92 Å². The van der Waals surface area contributed by atoms with E-state index in [2.05, 4.69) is 17.9 Å². The molecule has 29 heavy (non-hydrogen) atoms. The van der Waals surface area contributed by atoms with Crippen LogP contribution in [0.3, 0.4) is 0 Å². The molecule has 1 aromatic carbocycles. The monoisotopic (exact) mass is 397 g/mol. The van der Waals surface area contributed by atoms with Crippen LogP contribution in [0.1, 0.15) is 74.4 Å². The molecule has 0 radical (unpaired) electrons. The van der Waals surface area contributed by atoms with Gasteiger partial charge in [-0.3, -0.25) is 4.79 Å². The predicted octanol–water partition coefficient (Wildman–Crippen LogP) is 3.07. The van der Waals surface area contributed by atoms with Crippen LogP contribution in [-0.4, -0.2) is 35.1 Å². The number of benzene rings is 1. The molecular formula is C24H31NO4. The first-order valence-corrected chi connectivity index (χ1v) is 10.6. The first kappa shape index (κ1) is 20.4. The number of hydrogen-bond acceptors (Lipinski definition) is 4. The van der Waals surface area contributed by atoms with Gasteiger partial charge in [-0.05, 0) is 88.5 Å². The molecule has 1 aliphatic heterocycles. The van der Waals surface area contributed by atoms with Crippen LogP contribution in [-0.2, 0) is 21.3 Å². The number of amides is 1. The summed E-state index contributed by atoms with van der Waals surface area (Å²) in [6.07, 6.45) is 4.84. The summed E-state index contributed by atoms with van der Waals surface area (Å²) in [5.41, 5.74) is 7.52. The second-order valence-electron chi connectivity index (χ2n) is 9.39. The molecule has 1 aromatic rings. The molecule has 0 bridgehead atoms. The first-order chi connectivity index (χ1) is 13.7. The summed E-state index contributed by atoms with van der Waals surface area (Å²) >= 11 is 0. The molecule has 4 rings (SSSR count). The summed E-state index contributed by atoms with van der Waals surface area (Å²) < 4.78 is 12.0. The normalized spacial score (nSPS) is 35.2. The Morgan fingerprint density at radius 2 is 2.14 bits per heavy atom. The molecular weight excluding hydrogens is 366 g/mol. The van der Waals surface area contributed by atoms with Gasteiger partial charge >= 0.3 is 0 Å². The Labute approximate surface area is 173 Å². The minimum Gasteiger partial charge on any atom is -0.378 e. The lowest BCUT2D eigenvalue weighted by Gasteiger charge is -2.53. The van der Waals surface area contributed by atoms with Gasteiger partial charge in [0, 0.05) is 11.0 Å². The maximum atomic E-state index is 11.7. The Balaban J connectivity index is 1.73. The average Bonchev–Trinajstić information content (AvgIpc) is 3.00. The molecule has 0 spiro atoms. The number of ether oxygens (including phenoxy) is 2. The summed E-state index contributed by atoms with van der Waals surface area (Å²) in [4.78, 5) is 11.7. The van der Waals surface area contributed by atoms with Crippen molar-refractivity contribution in [1.82, 2.24) is 0 Å². The number of aliphatic hydroxyl groups is 1. The van der Waals surface area contributed by atoms with Gasteiger partial charge in [-0.1, -0.05) is 12.0 Å². The topological polar surface area (TPSA) is 81.8 Å². The lowest BCUT2D eigenvalue weighted by atomic mass is 9.52. The van der Waals surface area contributed by atoms with Crippen LogP contribution >= 0.6 is 0 Å². The van der Waals surface area contributed by atoms with Crippen molar-refractivity contribution in [2.45, 2.75) is 82.2 Å². The first-order valence-electron chi connectivity index (χ1n) is 10.6. The van der Waals surface area contributed by atoms with Gasteiger partial charge in [-0.25, -0.2) is 0 Å². The van der Waals surface area contributed by atoms with Crippen molar-refractivity contribution in [3.63, 3.8) is 0 Å². The highest BCUT2D eigenvalue weighted by Gasteiger charge is 2.53. The largest absolute Gasteiger partial charge is 0.378 e. The smallest absolute Gasteiger partial charge is 0.248 e. The number of primary amides is 1. The molecule has 2 aliphatic carbocycles. The molecule has 2 fully saturated rings. The van der Waals surface area contributed by atoms with Crippen molar-refractivity contribution in [2.24, 2.45) is 11.7 Å². The van der Waals surface area contributed by atoms with Crippen molar-refractivity contribution < 1.29 is 19.4 Å². The SMILES string of the molecule is CC#C[C@@]1(O)CC[C@@]2(CC3COC(C)(C)O3)c3ccc(C(N)=O)cc3CC[C@@H]2C1. The number of rotatable bonds is 3. The van der Waals surface area contributed by atoms with E-state index < -0.39 is 17.3 Å². The lowest BCUT2D eigenvalue weighted by molar-refractivity contribution is -0.143. The van der Waals surface area contributed by atoms with E-state index >= 15 is 0 Å². The summed E-state index contributed by atoms with van der Waals surface area (Å²) in [6, 6.07) is 5.88. The number of carbonyl (C=O) groups excluding carboxylic acids is 1. The van der Waals surface area contributed by atoms with Crippen molar-refractivity contribution in [3.8, 4) is 11.8 Å². The molecule has 1 saturated carbocycles. The zero-order chi connectivity index (χ0) is 20.9. The third-order valence-corrected chi connectivity index (χ3v) is 7.06. The molecule has 1 amide bonds. The molecule has 1 heterocycles. The van der Waals surface area contributed by atoms with Gasteiger partial charge in [-0.2, -0.15) is 0 Å². The average molecular weight is 398 g/mol. The molecule has 4 atom stereocenters. The summed E-state index contributed by atoms with van der Waals surface area (Å²) in [5, 5.41) is 11.0. The Bertz CT molecular complexity index is 883. The van der Waals surface area contributed by atoms with Gasteiger partial charge in [0.25, 0.3) is 0 Å². The van der Waals surface area contributed by atoms with Crippen molar-refractivity contribution in [2.75, 3.05) is 6.61 Å². The van der Waals surface area contributed by atoms with E-state index in [0.717, 1.165) is 25.7 Å². The summed E-state index contributed by atoms with van der Waals surface area (Å²) in [5.74, 6) is 5.32. The number of aryl methyl sites for hydroxylation is 1. The zero-order valence-corrected chi connectivity index (χ0v) is 17.6. The Morgan fingerprint density at radius 1 is 1.34 bits per heavy atom. The molecule has 1 unspecified atom stereocenters. The summed E-state index contributed by atoms with van der Waals surface area (Å²) in [6.45, 7) is 6.27. The Kier molecular flexibility index (Phi) is 5.01. The third-order valence-electron chi connectivity index (χ3n) is 7.06. The highest BCUT2D eigenvalue weighted by molar-refractivity contribution is 5.93. The van der Waals surface area contributed by atoms with Crippen LogP contribution < -0.4 is 5.73 Å². The van der Waals surface area contributed by atoms with Crippen LogP contribution in [0.4, 0.5) is 0 Å². The minimum absolute atomic E-state index is 0.0118. The van der Waals surface area contributed by atoms with Gasteiger partial charge in [-0.15, -0.1) is 5.92 Å². The second kappa shape index (κ2) is 7.12. The molecule has 5 heteroatoms. The minimum atomic E-state index is -0.917. The summed E-state index contributed by atoms with van der Waals surface area (Å²) in [7, 11) is 0. The van der Waals surface area contributed by atoms with Crippen LogP contribution in [0.2, 0.25) is 0 Å². The van der Waals surface area contributed by atoms with Crippen LogP contribution in [0.5, 0.6) is 0 Å². The maximum Gasteiger partial charge on any atom is 0.248 e. The second-order valence-corrected chi connectivity index (χ2v) is 9.39. The molecule has 1 saturated heterocycles. The molecule has 0 aromatic heterocycles. The van der Waals surface area contributed by atoms with Crippen molar-refractivity contribution >= 4 is 5.91 Å². The van der Waals surface area contributed by atoms with Crippen LogP contribution in [0, 0.1) is 17.8 Å². The van der Waals surface area contributed by atoms with Gasteiger partial charge in [0.2, 0.25) is 5.91 Å². The van der Waals surface area contributed by atoms with Crippen molar-refractivity contribution in [3.05, 3.63) is 34.9 Å². The van der Waals surface area contributed by atoms with Gasteiger partial charge in [0.15, 0.2) is 5.79 Å².